The molecule has 0 saturated heterocycles. The summed E-state index contributed by atoms with van der Waals surface area (Å²) >= 11 is 0. The Balaban J connectivity index is 0.000000402. The van der Waals surface area contributed by atoms with E-state index in [0.717, 1.165) is 56.9 Å². The minimum atomic E-state index is -1.33. The quantitative estimate of drug-likeness (QED) is 0.319. The molecule has 2 aliphatic rings. The molecule has 2 aromatic carbocycles. The molecule has 0 atom stereocenters. The number of amides is 1. The summed E-state index contributed by atoms with van der Waals surface area (Å²) in [7, 11) is 0. The van der Waals surface area contributed by atoms with E-state index in [1.807, 2.05) is 13.0 Å². The molecule has 0 spiro atoms. The summed E-state index contributed by atoms with van der Waals surface area (Å²) in [6.07, 6.45) is 8.92. The predicted molar refractivity (Wildman–Crippen MR) is 179 cm³/mol. The number of hydrogen-bond acceptors (Lipinski definition) is 4. The SMILES string of the molecule is CC[NH+](CC)CC.CC[NH+](CC)CC.Cc1ccc(C(=O)CC2CCCC2)c2c(C(=O)[O-])ccc(C(=O)NC3CCCC3)c12. The van der Waals surface area contributed by atoms with E-state index in [-0.39, 0.29) is 23.3 Å². The fourth-order valence-electron chi connectivity index (χ4n) is 6.68. The first-order valence-electron chi connectivity index (χ1n) is 17.4. The second-order valence-corrected chi connectivity index (χ2v) is 12.5. The molecule has 2 fully saturated rings. The van der Waals surface area contributed by atoms with Gasteiger partial charge in [0.15, 0.2) is 5.78 Å². The second kappa shape index (κ2) is 19.6. The van der Waals surface area contributed by atoms with Gasteiger partial charge < -0.3 is 25.0 Å². The molecule has 0 bridgehead atoms. The van der Waals surface area contributed by atoms with Crippen molar-refractivity contribution in [1.29, 1.82) is 0 Å². The third-order valence-electron chi connectivity index (χ3n) is 9.77. The zero-order valence-corrected chi connectivity index (χ0v) is 28.7. The van der Waals surface area contributed by atoms with E-state index in [4.69, 9.17) is 0 Å². The molecule has 0 unspecified atom stereocenters. The number of benzene rings is 2. The maximum atomic E-state index is 13.1. The van der Waals surface area contributed by atoms with Gasteiger partial charge in [0, 0.05) is 34.5 Å². The first-order valence-corrected chi connectivity index (χ1v) is 17.4. The van der Waals surface area contributed by atoms with Gasteiger partial charge in [-0.05, 0) is 84.2 Å². The Bertz CT molecular complexity index is 1170. The topological polar surface area (TPSA) is 95.2 Å². The van der Waals surface area contributed by atoms with Crippen LogP contribution < -0.4 is 20.2 Å². The van der Waals surface area contributed by atoms with Crippen LogP contribution in [0.2, 0.25) is 0 Å². The van der Waals surface area contributed by atoms with Crippen LogP contribution in [0.3, 0.4) is 0 Å². The van der Waals surface area contributed by atoms with E-state index in [9.17, 15) is 19.5 Å². The van der Waals surface area contributed by atoms with Gasteiger partial charge in [0.25, 0.3) is 5.91 Å². The first-order chi connectivity index (χ1) is 21.1. The lowest BCUT2D eigenvalue weighted by Gasteiger charge is -2.19. The average molecular weight is 611 g/mol. The third kappa shape index (κ3) is 10.7. The number of quaternary nitrogens is 2. The number of rotatable bonds is 12. The number of hydrogen-bond donors (Lipinski definition) is 3. The largest absolute Gasteiger partial charge is 0.545 e. The minimum absolute atomic E-state index is 0.0270. The third-order valence-corrected chi connectivity index (χ3v) is 9.77. The van der Waals surface area contributed by atoms with Crippen molar-refractivity contribution in [2.45, 2.75) is 112 Å². The molecule has 0 heterocycles. The van der Waals surface area contributed by atoms with Gasteiger partial charge in [0.1, 0.15) is 0 Å². The maximum Gasteiger partial charge on any atom is 0.252 e. The predicted octanol–water partition coefficient (Wildman–Crippen LogP) is 3.81. The molecular weight excluding hydrogens is 550 g/mol. The summed E-state index contributed by atoms with van der Waals surface area (Å²) in [4.78, 5) is 41.4. The van der Waals surface area contributed by atoms with Crippen LogP contribution in [0.5, 0.6) is 0 Å². The molecule has 246 valence electrons. The van der Waals surface area contributed by atoms with E-state index in [1.54, 1.807) is 21.9 Å². The molecule has 3 N–H and O–H groups in total. The molecular formula is C37H60N3O4+. The van der Waals surface area contributed by atoms with Crippen molar-refractivity contribution in [2.24, 2.45) is 5.92 Å². The van der Waals surface area contributed by atoms with Crippen LogP contribution in [0.1, 0.15) is 136 Å². The number of nitrogens with one attached hydrogen (secondary N) is 3. The van der Waals surface area contributed by atoms with E-state index in [0.29, 0.717) is 34.2 Å². The van der Waals surface area contributed by atoms with Crippen molar-refractivity contribution in [3.05, 3.63) is 46.5 Å². The number of aromatic carboxylic acids is 1. The minimum Gasteiger partial charge on any atom is -0.545 e. The number of aryl methyl sites for hydroxylation is 1. The Labute approximate surface area is 266 Å². The van der Waals surface area contributed by atoms with E-state index >= 15 is 0 Å². The van der Waals surface area contributed by atoms with Crippen molar-refractivity contribution in [1.82, 2.24) is 5.32 Å². The Hall–Kier alpha value is -2.77. The maximum absolute atomic E-state index is 13.1. The summed E-state index contributed by atoms with van der Waals surface area (Å²) in [6.45, 7) is 22.8. The lowest BCUT2D eigenvalue weighted by atomic mass is 9.88. The normalized spacial score (nSPS) is 15.2. The van der Waals surface area contributed by atoms with Crippen LogP contribution in [0.25, 0.3) is 10.8 Å². The second-order valence-electron chi connectivity index (χ2n) is 12.5. The zero-order valence-electron chi connectivity index (χ0n) is 28.7. The molecule has 4 rings (SSSR count). The molecule has 0 aliphatic heterocycles. The molecule has 7 nitrogen and oxygen atoms in total. The van der Waals surface area contributed by atoms with Gasteiger partial charge in [-0.25, -0.2) is 0 Å². The summed E-state index contributed by atoms with van der Waals surface area (Å²) in [5, 5.41) is 15.9. The molecule has 2 aliphatic carbocycles. The Morgan fingerprint density at radius 2 is 1.14 bits per heavy atom. The highest BCUT2D eigenvalue weighted by molar-refractivity contribution is 6.20. The van der Waals surface area contributed by atoms with Crippen molar-refractivity contribution >= 4 is 28.4 Å². The van der Waals surface area contributed by atoms with E-state index in [1.165, 1.54) is 45.3 Å². The highest BCUT2D eigenvalue weighted by atomic mass is 16.4. The van der Waals surface area contributed by atoms with Crippen molar-refractivity contribution in [2.75, 3.05) is 39.3 Å². The van der Waals surface area contributed by atoms with Gasteiger partial charge in [-0.2, -0.15) is 0 Å². The molecule has 0 radical (unpaired) electrons. The highest BCUT2D eigenvalue weighted by Crippen LogP contribution is 2.34. The number of ketones is 1. The molecule has 1 amide bonds. The van der Waals surface area contributed by atoms with E-state index < -0.39 is 5.97 Å². The van der Waals surface area contributed by atoms with Crippen molar-refractivity contribution in [3.8, 4) is 0 Å². The molecule has 44 heavy (non-hydrogen) atoms. The van der Waals surface area contributed by atoms with E-state index in [2.05, 4.69) is 46.9 Å². The Morgan fingerprint density at radius 1 is 0.682 bits per heavy atom. The summed E-state index contributed by atoms with van der Waals surface area (Å²) in [5.74, 6) is -1.24. The van der Waals surface area contributed by atoms with Crippen LogP contribution in [-0.2, 0) is 0 Å². The molecule has 7 heteroatoms. The summed E-state index contributed by atoms with van der Waals surface area (Å²) in [5.41, 5.74) is 1.56. The number of Topliss-reactive ketones (excluding diaryl/α,β-unsaturated/α-hetero) is 1. The zero-order chi connectivity index (χ0) is 32.6. The lowest BCUT2D eigenvalue weighted by molar-refractivity contribution is -0.894. The van der Waals surface area contributed by atoms with Gasteiger partial charge in [-0.1, -0.05) is 56.7 Å². The Kier molecular flexibility index (Phi) is 16.7. The standard InChI is InChI=1S/C25H29NO4.2C6H15N/c1-15-10-11-18(21(27)14-16-6-2-3-7-16)23-20(25(29)30)13-12-19(22(15)23)24(28)26-17-8-4-5-9-17;2*1-4-7(5-2)6-3/h10-13,16-17H,2-9,14H2,1H3,(H,26,28)(H,29,30);2*4-6H2,1-3H3/p+1. The highest BCUT2D eigenvalue weighted by Gasteiger charge is 2.25. The van der Waals surface area contributed by atoms with Crippen molar-refractivity contribution in [3.63, 3.8) is 0 Å². The summed E-state index contributed by atoms with van der Waals surface area (Å²) in [6, 6.07) is 6.64. The van der Waals surface area contributed by atoms with Crippen LogP contribution in [0.15, 0.2) is 24.3 Å². The van der Waals surface area contributed by atoms with Gasteiger partial charge >= 0.3 is 0 Å². The fraction of sp³-hybridized carbons (Fsp3) is 0.649. The number of carbonyl (C=O) groups excluding carboxylic acids is 3. The van der Waals surface area contributed by atoms with Gasteiger partial charge in [0.05, 0.1) is 45.2 Å². The fourth-order valence-corrected chi connectivity index (χ4v) is 6.68. The smallest absolute Gasteiger partial charge is 0.252 e. The first kappa shape index (κ1) is 37.4. The van der Waals surface area contributed by atoms with Crippen LogP contribution in [-0.4, -0.2) is 63.0 Å². The van der Waals surface area contributed by atoms with Crippen molar-refractivity contribution < 1.29 is 29.3 Å². The number of carbonyl (C=O) groups is 3. The number of carboxylic acids is 1. The van der Waals surface area contributed by atoms with Gasteiger partial charge in [-0.3, -0.25) is 9.59 Å². The Morgan fingerprint density at radius 3 is 1.59 bits per heavy atom. The van der Waals surface area contributed by atoms with Crippen LogP contribution >= 0.6 is 0 Å². The van der Waals surface area contributed by atoms with Gasteiger partial charge in [0.2, 0.25) is 0 Å². The van der Waals surface area contributed by atoms with Gasteiger partial charge in [-0.15, -0.1) is 0 Å². The lowest BCUT2D eigenvalue weighted by Crippen LogP contribution is -3.11. The summed E-state index contributed by atoms with van der Waals surface area (Å²) < 4.78 is 0. The monoisotopic (exact) mass is 610 g/mol. The van der Waals surface area contributed by atoms with Crippen LogP contribution in [0, 0.1) is 12.8 Å². The average Bonchev–Trinajstić information content (AvgIpc) is 3.74. The van der Waals surface area contributed by atoms with Crippen LogP contribution in [0.4, 0.5) is 0 Å². The molecule has 2 saturated carbocycles. The molecule has 0 aromatic heterocycles. The number of carboxylic acid groups (broad SMARTS) is 1. The molecule has 2 aromatic rings. The number of fused-ring (bicyclic) bond motifs is 1.